The Morgan fingerprint density at radius 3 is 2.31 bits per heavy atom. The van der Waals surface area contributed by atoms with Gasteiger partial charge in [-0.3, -0.25) is 14.4 Å². The second kappa shape index (κ2) is 9.95. The van der Waals surface area contributed by atoms with Gasteiger partial charge in [0.1, 0.15) is 11.8 Å². The lowest BCUT2D eigenvalue weighted by atomic mass is 10.1. The molecule has 0 aromatic heterocycles. The highest BCUT2D eigenvalue weighted by atomic mass is 16.5. The van der Waals surface area contributed by atoms with Crippen molar-refractivity contribution in [3.63, 3.8) is 0 Å². The minimum absolute atomic E-state index is 0.0218. The topological polar surface area (TPSA) is 125 Å². The standard InChI is InChI=1S/C23H25N3O6/c1-14(21(28)25-20(23(30)31)15-6-4-3-5-7-15)24-22(29)16-12-19(27)26(13-16)17-8-10-18(32-2)11-9-17/h3-11,14,16,20H,12-13H2,1-2H3,(H,24,29)(H,25,28)(H,30,31)/t14-,16-,20+/m0/s1. The number of nitrogens with zero attached hydrogens (tertiary/aromatic N) is 1. The van der Waals surface area contributed by atoms with E-state index >= 15 is 0 Å². The van der Waals surface area contributed by atoms with E-state index in [2.05, 4.69) is 10.6 Å². The molecule has 1 heterocycles. The molecule has 1 saturated heterocycles. The number of nitrogens with one attached hydrogen (secondary N) is 2. The second-order valence-electron chi connectivity index (χ2n) is 7.52. The fraction of sp³-hybridized carbons (Fsp3) is 0.304. The predicted molar refractivity (Wildman–Crippen MR) is 116 cm³/mol. The number of hydrogen-bond acceptors (Lipinski definition) is 5. The van der Waals surface area contributed by atoms with E-state index in [1.807, 2.05) is 0 Å². The summed E-state index contributed by atoms with van der Waals surface area (Å²) in [7, 11) is 1.55. The zero-order valence-corrected chi connectivity index (χ0v) is 17.8. The van der Waals surface area contributed by atoms with Crippen LogP contribution in [-0.2, 0) is 19.2 Å². The number of rotatable bonds is 8. The number of ether oxygens (including phenoxy) is 1. The first kappa shape index (κ1) is 22.8. The zero-order chi connectivity index (χ0) is 23.3. The predicted octanol–water partition coefficient (Wildman–Crippen LogP) is 1.49. The summed E-state index contributed by atoms with van der Waals surface area (Å²) in [6.07, 6.45) is 0.0218. The van der Waals surface area contributed by atoms with Gasteiger partial charge in [-0.25, -0.2) is 4.79 Å². The Kier molecular flexibility index (Phi) is 7.09. The lowest BCUT2D eigenvalue weighted by molar-refractivity contribution is -0.142. The van der Waals surface area contributed by atoms with Crippen LogP contribution in [0.25, 0.3) is 0 Å². The Morgan fingerprint density at radius 1 is 1.06 bits per heavy atom. The van der Waals surface area contributed by atoms with Crippen molar-refractivity contribution in [3.05, 3.63) is 60.2 Å². The quantitative estimate of drug-likeness (QED) is 0.572. The summed E-state index contributed by atoms with van der Waals surface area (Å²) in [4.78, 5) is 50.7. The normalized spacial score (nSPS) is 17.4. The van der Waals surface area contributed by atoms with Crippen LogP contribution in [0.3, 0.4) is 0 Å². The maximum absolute atomic E-state index is 12.7. The van der Waals surface area contributed by atoms with Gasteiger partial charge < -0.3 is 25.4 Å². The minimum Gasteiger partial charge on any atom is -0.497 e. The Hall–Kier alpha value is -3.88. The Morgan fingerprint density at radius 2 is 1.72 bits per heavy atom. The molecule has 3 atom stereocenters. The summed E-state index contributed by atoms with van der Waals surface area (Å²) >= 11 is 0. The van der Waals surface area contributed by atoms with E-state index in [0.29, 0.717) is 17.0 Å². The van der Waals surface area contributed by atoms with Gasteiger partial charge in [0.2, 0.25) is 17.7 Å². The van der Waals surface area contributed by atoms with E-state index in [9.17, 15) is 24.3 Å². The van der Waals surface area contributed by atoms with Crippen LogP contribution in [0, 0.1) is 5.92 Å². The van der Waals surface area contributed by atoms with Crippen molar-refractivity contribution in [1.29, 1.82) is 0 Å². The number of benzene rings is 2. The van der Waals surface area contributed by atoms with E-state index in [0.717, 1.165) is 0 Å². The molecule has 2 aromatic rings. The molecule has 168 valence electrons. The number of carboxylic acids is 1. The molecule has 9 heteroatoms. The molecule has 3 rings (SSSR count). The molecule has 9 nitrogen and oxygen atoms in total. The maximum Gasteiger partial charge on any atom is 0.330 e. The van der Waals surface area contributed by atoms with E-state index in [-0.39, 0.29) is 18.9 Å². The molecule has 1 aliphatic rings. The fourth-order valence-electron chi connectivity index (χ4n) is 3.49. The summed E-state index contributed by atoms with van der Waals surface area (Å²) < 4.78 is 5.11. The van der Waals surface area contributed by atoms with Gasteiger partial charge in [0.25, 0.3) is 0 Å². The smallest absolute Gasteiger partial charge is 0.330 e. The van der Waals surface area contributed by atoms with Crippen LogP contribution >= 0.6 is 0 Å². The van der Waals surface area contributed by atoms with Gasteiger partial charge in [-0.05, 0) is 36.8 Å². The number of hydrogen-bond donors (Lipinski definition) is 3. The van der Waals surface area contributed by atoms with Gasteiger partial charge in [-0.2, -0.15) is 0 Å². The molecule has 0 aliphatic carbocycles. The molecule has 2 aromatic carbocycles. The Balaban J connectivity index is 1.59. The third kappa shape index (κ3) is 5.23. The van der Waals surface area contributed by atoms with E-state index in [4.69, 9.17) is 4.74 Å². The highest BCUT2D eigenvalue weighted by Gasteiger charge is 2.36. The molecule has 1 aliphatic heterocycles. The zero-order valence-electron chi connectivity index (χ0n) is 17.8. The summed E-state index contributed by atoms with van der Waals surface area (Å²) in [5.74, 6) is -2.44. The number of carboxylic acid groups (broad SMARTS) is 1. The first-order valence-corrected chi connectivity index (χ1v) is 10.1. The van der Waals surface area contributed by atoms with Gasteiger partial charge in [-0.1, -0.05) is 30.3 Å². The van der Waals surface area contributed by atoms with Crippen LogP contribution < -0.4 is 20.3 Å². The fourth-order valence-corrected chi connectivity index (χ4v) is 3.49. The number of carbonyl (C=O) groups excluding carboxylic acids is 3. The van der Waals surface area contributed by atoms with Crippen molar-refractivity contribution in [2.45, 2.75) is 25.4 Å². The number of anilines is 1. The number of aliphatic carboxylic acids is 1. The van der Waals surface area contributed by atoms with Crippen molar-refractivity contribution in [1.82, 2.24) is 10.6 Å². The van der Waals surface area contributed by atoms with Gasteiger partial charge >= 0.3 is 5.97 Å². The molecule has 3 N–H and O–H groups in total. The molecule has 0 unspecified atom stereocenters. The molecular formula is C23H25N3O6. The third-order valence-electron chi connectivity index (χ3n) is 5.30. The average Bonchev–Trinajstić information content (AvgIpc) is 3.19. The van der Waals surface area contributed by atoms with Crippen LogP contribution in [0.2, 0.25) is 0 Å². The van der Waals surface area contributed by atoms with Crippen molar-refractivity contribution < 1.29 is 29.0 Å². The maximum atomic E-state index is 12.7. The van der Waals surface area contributed by atoms with Crippen molar-refractivity contribution >= 4 is 29.4 Å². The van der Waals surface area contributed by atoms with Crippen LogP contribution in [0.1, 0.15) is 24.9 Å². The molecule has 0 saturated carbocycles. The van der Waals surface area contributed by atoms with E-state index < -0.39 is 35.8 Å². The number of amides is 3. The van der Waals surface area contributed by atoms with E-state index in [1.54, 1.807) is 61.7 Å². The van der Waals surface area contributed by atoms with Crippen LogP contribution in [0.5, 0.6) is 5.75 Å². The summed E-state index contributed by atoms with van der Waals surface area (Å²) in [5.41, 5.74) is 1.08. The van der Waals surface area contributed by atoms with Crippen LogP contribution in [0.4, 0.5) is 5.69 Å². The average molecular weight is 439 g/mol. The summed E-state index contributed by atoms with van der Waals surface area (Å²) in [5, 5.41) is 14.5. The van der Waals surface area contributed by atoms with Gasteiger partial charge in [-0.15, -0.1) is 0 Å². The monoisotopic (exact) mass is 439 g/mol. The molecule has 0 radical (unpaired) electrons. The van der Waals surface area contributed by atoms with Gasteiger partial charge in [0.15, 0.2) is 6.04 Å². The Bertz CT molecular complexity index is 993. The van der Waals surface area contributed by atoms with Gasteiger partial charge in [0.05, 0.1) is 13.0 Å². The third-order valence-corrected chi connectivity index (χ3v) is 5.30. The molecule has 0 bridgehead atoms. The van der Waals surface area contributed by atoms with Crippen LogP contribution in [0.15, 0.2) is 54.6 Å². The SMILES string of the molecule is COc1ccc(N2C[C@@H](C(=O)N[C@@H](C)C(=O)N[C@@H](C(=O)O)c3ccccc3)CC2=O)cc1. The second-order valence-corrected chi connectivity index (χ2v) is 7.52. The largest absolute Gasteiger partial charge is 0.497 e. The molecule has 32 heavy (non-hydrogen) atoms. The number of methoxy groups -OCH3 is 1. The summed E-state index contributed by atoms with van der Waals surface area (Å²) in [6, 6.07) is 13.0. The van der Waals surface area contributed by atoms with E-state index in [1.165, 1.54) is 11.8 Å². The lowest BCUT2D eigenvalue weighted by Crippen LogP contribution is -2.49. The van der Waals surface area contributed by atoms with Crippen LogP contribution in [-0.4, -0.2) is 48.5 Å². The Labute approximate surface area is 185 Å². The number of carbonyl (C=O) groups is 4. The van der Waals surface area contributed by atoms with Crippen molar-refractivity contribution in [2.75, 3.05) is 18.6 Å². The molecular weight excluding hydrogens is 414 g/mol. The molecule has 0 spiro atoms. The highest BCUT2D eigenvalue weighted by molar-refractivity contribution is 6.01. The van der Waals surface area contributed by atoms with Crippen molar-refractivity contribution in [2.24, 2.45) is 5.92 Å². The highest BCUT2D eigenvalue weighted by Crippen LogP contribution is 2.27. The molecule has 1 fully saturated rings. The first-order valence-electron chi connectivity index (χ1n) is 10.1. The first-order chi connectivity index (χ1) is 15.3. The minimum atomic E-state index is -1.23. The summed E-state index contributed by atoms with van der Waals surface area (Å²) in [6.45, 7) is 1.66. The van der Waals surface area contributed by atoms with Gasteiger partial charge in [0, 0.05) is 18.7 Å². The van der Waals surface area contributed by atoms with Crippen molar-refractivity contribution in [3.8, 4) is 5.75 Å². The molecule has 3 amide bonds. The lowest BCUT2D eigenvalue weighted by Gasteiger charge is -2.20.